The Morgan fingerprint density at radius 3 is 2.26 bits per heavy atom. The minimum absolute atomic E-state index is 0.132. The Kier molecular flexibility index (Phi) is 3.93. The number of aromatic nitrogens is 2. The lowest BCUT2D eigenvalue weighted by Crippen LogP contribution is -2.19. The second-order valence-electron chi connectivity index (χ2n) is 5.99. The van der Waals surface area contributed by atoms with Gasteiger partial charge in [-0.05, 0) is 23.8 Å². The zero-order valence-corrected chi connectivity index (χ0v) is 14.0. The molecular formula is C21H14N2O4. The van der Waals surface area contributed by atoms with E-state index in [9.17, 15) is 19.8 Å². The standard InChI is InChI=1S/C21H14N2O4/c24-18-11-16(13-4-2-1-3-5-13)23(21(27)14-6-8-22-9-7-14)17-12-20(26)19(25)10-15(17)18/h1-12,25-26H. The van der Waals surface area contributed by atoms with Crippen LogP contribution >= 0.6 is 0 Å². The molecule has 27 heavy (non-hydrogen) atoms. The van der Waals surface area contributed by atoms with E-state index in [1.807, 2.05) is 6.07 Å². The molecule has 0 bridgehead atoms. The molecule has 0 aliphatic heterocycles. The van der Waals surface area contributed by atoms with Crippen molar-refractivity contribution in [3.8, 4) is 22.8 Å². The quantitative estimate of drug-likeness (QED) is 0.537. The molecule has 0 saturated carbocycles. The summed E-state index contributed by atoms with van der Waals surface area (Å²) in [6.07, 6.45) is 3.01. The Bertz CT molecular complexity index is 1220. The highest BCUT2D eigenvalue weighted by Gasteiger charge is 2.19. The lowest BCUT2D eigenvalue weighted by molar-refractivity contribution is 0.0966. The number of hydrogen-bond donors (Lipinski definition) is 2. The Labute approximate surface area is 153 Å². The molecular weight excluding hydrogens is 344 g/mol. The van der Waals surface area contributed by atoms with Crippen molar-refractivity contribution in [2.45, 2.75) is 0 Å². The molecule has 0 aliphatic carbocycles. The van der Waals surface area contributed by atoms with Crippen LogP contribution in [0.15, 0.2) is 77.9 Å². The fraction of sp³-hybridized carbons (Fsp3) is 0. The smallest absolute Gasteiger partial charge is 0.262 e. The second kappa shape index (κ2) is 6.42. The molecule has 2 aromatic heterocycles. The number of pyridine rings is 2. The van der Waals surface area contributed by atoms with E-state index in [1.54, 1.807) is 36.4 Å². The van der Waals surface area contributed by atoms with E-state index < -0.39 is 11.5 Å². The fourth-order valence-corrected chi connectivity index (χ4v) is 3.01. The van der Waals surface area contributed by atoms with Crippen LogP contribution in [0.5, 0.6) is 11.5 Å². The molecule has 0 aliphatic rings. The minimum Gasteiger partial charge on any atom is -0.504 e. The molecule has 6 nitrogen and oxygen atoms in total. The van der Waals surface area contributed by atoms with E-state index >= 15 is 0 Å². The number of phenolic OH excluding ortho intramolecular Hbond substituents is 2. The van der Waals surface area contributed by atoms with Gasteiger partial charge in [0.25, 0.3) is 5.91 Å². The van der Waals surface area contributed by atoms with E-state index in [2.05, 4.69) is 4.98 Å². The topological polar surface area (TPSA) is 92.4 Å². The first-order chi connectivity index (χ1) is 13.1. The largest absolute Gasteiger partial charge is 0.504 e. The van der Waals surface area contributed by atoms with Gasteiger partial charge < -0.3 is 10.2 Å². The summed E-state index contributed by atoms with van der Waals surface area (Å²) in [4.78, 5) is 29.8. The van der Waals surface area contributed by atoms with Crippen molar-refractivity contribution in [1.29, 1.82) is 0 Å². The van der Waals surface area contributed by atoms with Crippen LogP contribution in [0.25, 0.3) is 22.2 Å². The maximum atomic E-state index is 13.3. The number of phenols is 2. The van der Waals surface area contributed by atoms with Crippen molar-refractivity contribution in [3.63, 3.8) is 0 Å². The molecule has 2 heterocycles. The van der Waals surface area contributed by atoms with E-state index in [-0.39, 0.29) is 22.2 Å². The van der Waals surface area contributed by atoms with Gasteiger partial charge in [-0.1, -0.05) is 30.3 Å². The molecule has 0 amide bonds. The van der Waals surface area contributed by atoms with Crippen LogP contribution in [-0.2, 0) is 0 Å². The van der Waals surface area contributed by atoms with Crippen LogP contribution in [0.1, 0.15) is 10.4 Å². The lowest BCUT2D eigenvalue weighted by atomic mass is 10.1. The van der Waals surface area contributed by atoms with Crippen LogP contribution in [0, 0.1) is 0 Å². The van der Waals surface area contributed by atoms with Gasteiger partial charge in [0, 0.05) is 30.1 Å². The van der Waals surface area contributed by atoms with E-state index in [0.717, 1.165) is 6.07 Å². The summed E-state index contributed by atoms with van der Waals surface area (Å²) in [7, 11) is 0. The van der Waals surface area contributed by atoms with Gasteiger partial charge in [0.1, 0.15) is 0 Å². The van der Waals surface area contributed by atoms with Gasteiger partial charge in [-0.25, -0.2) is 0 Å². The van der Waals surface area contributed by atoms with Crippen LogP contribution in [0.4, 0.5) is 0 Å². The molecule has 2 N–H and O–H groups in total. The number of hydrogen-bond acceptors (Lipinski definition) is 5. The van der Waals surface area contributed by atoms with Crippen LogP contribution in [-0.4, -0.2) is 25.7 Å². The summed E-state index contributed by atoms with van der Waals surface area (Å²) < 4.78 is 1.36. The lowest BCUT2D eigenvalue weighted by Gasteiger charge is -2.16. The van der Waals surface area contributed by atoms with Gasteiger partial charge in [0.05, 0.1) is 16.6 Å². The zero-order valence-electron chi connectivity index (χ0n) is 14.0. The third-order valence-corrected chi connectivity index (χ3v) is 4.31. The van der Waals surface area contributed by atoms with Crippen LogP contribution in [0.3, 0.4) is 0 Å². The number of aromatic hydroxyl groups is 2. The minimum atomic E-state index is -0.421. The van der Waals surface area contributed by atoms with Gasteiger partial charge in [0.15, 0.2) is 16.9 Å². The number of rotatable bonds is 2. The Morgan fingerprint density at radius 1 is 0.889 bits per heavy atom. The Balaban J connectivity index is 2.12. The van der Waals surface area contributed by atoms with Gasteiger partial charge in [-0.15, -0.1) is 0 Å². The van der Waals surface area contributed by atoms with E-state index in [0.29, 0.717) is 16.8 Å². The Morgan fingerprint density at radius 2 is 1.56 bits per heavy atom. The number of fused-ring (bicyclic) bond motifs is 1. The first kappa shape index (κ1) is 16.5. The van der Waals surface area contributed by atoms with Gasteiger partial charge in [-0.3, -0.25) is 19.1 Å². The van der Waals surface area contributed by atoms with Gasteiger partial charge >= 0.3 is 0 Å². The molecule has 0 saturated heterocycles. The SMILES string of the molecule is O=C(c1ccncc1)n1c(-c2ccccc2)cc(=O)c2cc(O)c(O)cc21. The summed E-state index contributed by atoms with van der Waals surface area (Å²) >= 11 is 0. The van der Waals surface area contributed by atoms with Crippen molar-refractivity contribution in [2.75, 3.05) is 0 Å². The van der Waals surface area contributed by atoms with E-state index in [1.165, 1.54) is 29.1 Å². The first-order valence-corrected chi connectivity index (χ1v) is 8.18. The maximum Gasteiger partial charge on any atom is 0.262 e. The second-order valence-corrected chi connectivity index (χ2v) is 5.99. The zero-order chi connectivity index (χ0) is 19.0. The number of benzene rings is 2. The average molecular weight is 358 g/mol. The van der Waals surface area contributed by atoms with E-state index in [4.69, 9.17) is 0 Å². The highest BCUT2D eigenvalue weighted by Crippen LogP contribution is 2.31. The van der Waals surface area contributed by atoms with Crippen molar-refractivity contribution in [2.24, 2.45) is 0 Å². The first-order valence-electron chi connectivity index (χ1n) is 8.18. The highest BCUT2D eigenvalue weighted by molar-refractivity contribution is 6.04. The molecule has 4 rings (SSSR count). The van der Waals surface area contributed by atoms with Crippen molar-refractivity contribution >= 4 is 16.8 Å². The highest BCUT2D eigenvalue weighted by atomic mass is 16.3. The fourth-order valence-electron chi connectivity index (χ4n) is 3.01. The monoisotopic (exact) mass is 358 g/mol. The molecule has 0 atom stereocenters. The summed E-state index contributed by atoms with van der Waals surface area (Å²) in [6.45, 7) is 0. The molecule has 132 valence electrons. The third-order valence-electron chi connectivity index (χ3n) is 4.31. The summed E-state index contributed by atoms with van der Waals surface area (Å²) in [5.74, 6) is -1.22. The van der Waals surface area contributed by atoms with Crippen LogP contribution in [0.2, 0.25) is 0 Å². The molecule has 4 aromatic rings. The molecule has 0 radical (unpaired) electrons. The summed E-state index contributed by atoms with van der Waals surface area (Å²) in [6, 6.07) is 15.9. The van der Waals surface area contributed by atoms with Crippen LogP contribution < -0.4 is 5.43 Å². The molecule has 0 spiro atoms. The molecule has 0 unspecified atom stereocenters. The summed E-state index contributed by atoms with van der Waals surface area (Å²) in [5, 5.41) is 19.9. The number of carbonyl (C=O) groups excluding carboxylic acids is 1. The average Bonchev–Trinajstić information content (AvgIpc) is 2.70. The normalized spacial score (nSPS) is 10.8. The number of carbonyl (C=O) groups is 1. The van der Waals surface area contributed by atoms with Crippen molar-refractivity contribution in [1.82, 2.24) is 9.55 Å². The van der Waals surface area contributed by atoms with Crippen molar-refractivity contribution < 1.29 is 15.0 Å². The predicted octanol–water partition coefficient (Wildman–Crippen LogP) is 3.16. The molecule has 2 aromatic carbocycles. The predicted molar refractivity (Wildman–Crippen MR) is 101 cm³/mol. The third kappa shape index (κ3) is 2.83. The van der Waals surface area contributed by atoms with Crippen molar-refractivity contribution in [3.05, 3.63) is 88.8 Å². The molecule has 6 heteroatoms. The number of nitrogens with zero attached hydrogens (tertiary/aromatic N) is 2. The van der Waals surface area contributed by atoms with Gasteiger partial charge in [0.2, 0.25) is 0 Å². The summed E-state index contributed by atoms with van der Waals surface area (Å²) in [5.41, 5.74) is 1.28. The molecule has 0 fully saturated rings. The van der Waals surface area contributed by atoms with Gasteiger partial charge in [-0.2, -0.15) is 0 Å². The maximum absolute atomic E-state index is 13.3. The Hall–Kier alpha value is -3.93.